The van der Waals surface area contributed by atoms with Crippen molar-refractivity contribution in [3.63, 3.8) is 0 Å². The molecule has 0 bridgehead atoms. The molecule has 19 heavy (non-hydrogen) atoms. The Labute approximate surface area is 113 Å². The highest BCUT2D eigenvalue weighted by Crippen LogP contribution is 2.35. The number of para-hydroxylation sites is 1. The molecule has 1 aromatic rings. The van der Waals surface area contributed by atoms with E-state index in [4.69, 9.17) is 9.47 Å². The van der Waals surface area contributed by atoms with Gasteiger partial charge in [-0.15, -0.1) is 0 Å². The second-order valence-corrected chi connectivity index (χ2v) is 5.20. The van der Waals surface area contributed by atoms with Crippen molar-refractivity contribution in [2.75, 3.05) is 6.79 Å². The third kappa shape index (κ3) is 2.67. The van der Waals surface area contributed by atoms with E-state index in [0.717, 1.165) is 12.8 Å². The fourth-order valence-electron chi connectivity index (χ4n) is 2.80. The lowest BCUT2D eigenvalue weighted by molar-refractivity contribution is 0.0928. The highest BCUT2D eigenvalue weighted by molar-refractivity contribution is 5.98. The zero-order chi connectivity index (χ0) is 13.1. The highest BCUT2D eigenvalue weighted by atomic mass is 16.7. The third-order valence-electron chi connectivity index (χ3n) is 3.83. The first-order valence-electron chi connectivity index (χ1n) is 7.04. The van der Waals surface area contributed by atoms with Crippen molar-refractivity contribution in [1.29, 1.82) is 0 Å². The Morgan fingerprint density at radius 2 is 1.89 bits per heavy atom. The summed E-state index contributed by atoms with van der Waals surface area (Å²) < 4.78 is 10.7. The molecule has 4 heteroatoms. The average Bonchev–Trinajstić information content (AvgIpc) is 2.76. The summed E-state index contributed by atoms with van der Waals surface area (Å²) in [4.78, 5) is 12.3. The molecule has 102 valence electrons. The van der Waals surface area contributed by atoms with Crippen molar-refractivity contribution in [3.05, 3.63) is 23.8 Å². The number of rotatable bonds is 2. The number of hydrogen-bond acceptors (Lipinski definition) is 3. The van der Waals surface area contributed by atoms with Crippen LogP contribution < -0.4 is 14.8 Å². The maximum atomic E-state index is 12.3. The number of carbonyl (C=O) groups is 1. The monoisotopic (exact) mass is 261 g/mol. The van der Waals surface area contributed by atoms with E-state index in [1.165, 1.54) is 25.7 Å². The number of nitrogens with one attached hydrogen (secondary N) is 1. The molecule has 1 amide bonds. The zero-order valence-corrected chi connectivity index (χ0v) is 11.0. The van der Waals surface area contributed by atoms with Crippen LogP contribution in [-0.4, -0.2) is 18.7 Å². The Bertz CT molecular complexity index is 464. The number of fused-ring (bicyclic) bond motifs is 1. The summed E-state index contributed by atoms with van der Waals surface area (Å²) in [5, 5.41) is 3.13. The molecule has 0 spiro atoms. The lowest BCUT2D eigenvalue weighted by atomic mass is 10.1. The van der Waals surface area contributed by atoms with Crippen LogP contribution in [0.15, 0.2) is 18.2 Å². The Morgan fingerprint density at radius 1 is 1.11 bits per heavy atom. The lowest BCUT2D eigenvalue weighted by Crippen LogP contribution is -2.34. The van der Waals surface area contributed by atoms with Gasteiger partial charge in [-0.3, -0.25) is 4.79 Å². The van der Waals surface area contributed by atoms with Gasteiger partial charge in [0.2, 0.25) is 6.79 Å². The van der Waals surface area contributed by atoms with E-state index >= 15 is 0 Å². The van der Waals surface area contributed by atoms with Gasteiger partial charge in [0.05, 0.1) is 5.56 Å². The van der Waals surface area contributed by atoms with E-state index < -0.39 is 0 Å². The molecule has 1 fully saturated rings. The van der Waals surface area contributed by atoms with E-state index in [-0.39, 0.29) is 12.7 Å². The summed E-state index contributed by atoms with van der Waals surface area (Å²) >= 11 is 0. The number of benzene rings is 1. The van der Waals surface area contributed by atoms with Crippen LogP contribution >= 0.6 is 0 Å². The van der Waals surface area contributed by atoms with E-state index in [2.05, 4.69) is 5.32 Å². The molecule has 2 aliphatic rings. The molecule has 1 aliphatic heterocycles. The molecule has 1 saturated carbocycles. The molecular formula is C15H19NO3. The molecule has 1 N–H and O–H groups in total. The Morgan fingerprint density at radius 3 is 2.68 bits per heavy atom. The molecule has 0 aromatic heterocycles. The molecule has 1 aromatic carbocycles. The van der Waals surface area contributed by atoms with Crippen molar-refractivity contribution in [2.24, 2.45) is 0 Å². The topological polar surface area (TPSA) is 47.6 Å². The van der Waals surface area contributed by atoms with E-state index in [0.29, 0.717) is 23.1 Å². The number of amides is 1. The second-order valence-electron chi connectivity index (χ2n) is 5.20. The fourth-order valence-corrected chi connectivity index (χ4v) is 2.80. The van der Waals surface area contributed by atoms with Crippen LogP contribution in [0.5, 0.6) is 11.5 Å². The molecule has 0 saturated heterocycles. The summed E-state index contributed by atoms with van der Waals surface area (Å²) in [6.07, 6.45) is 7.14. The minimum absolute atomic E-state index is 0.0470. The van der Waals surface area contributed by atoms with Crippen molar-refractivity contribution in [3.8, 4) is 11.5 Å². The minimum Gasteiger partial charge on any atom is -0.454 e. The summed E-state index contributed by atoms with van der Waals surface area (Å²) in [6.45, 7) is 0.197. The SMILES string of the molecule is O=C(NC1CCCCCC1)c1cccc2c1OCO2. The first-order valence-corrected chi connectivity index (χ1v) is 7.04. The molecule has 1 heterocycles. The van der Waals surface area contributed by atoms with Crippen LogP contribution in [0, 0.1) is 0 Å². The molecule has 3 rings (SSSR count). The molecule has 0 atom stereocenters. The standard InChI is InChI=1S/C15H19NO3/c17-15(16-11-6-3-1-2-4-7-11)12-8-5-9-13-14(12)19-10-18-13/h5,8-9,11H,1-4,6-7,10H2,(H,16,17). The van der Waals surface area contributed by atoms with Crippen LogP contribution in [0.4, 0.5) is 0 Å². The highest BCUT2D eigenvalue weighted by Gasteiger charge is 2.23. The lowest BCUT2D eigenvalue weighted by Gasteiger charge is -2.16. The smallest absolute Gasteiger partial charge is 0.255 e. The van der Waals surface area contributed by atoms with Crippen LogP contribution in [0.1, 0.15) is 48.9 Å². The molecule has 1 aliphatic carbocycles. The van der Waals surface area contributed by atoms with Crippen molar-refractivity contribution in [1.82, 2.24) is 5.32 Å². The quantitative estimate of drug-likeness (QED) is 0.833. The fraction of sp³-hybridized carbons (Fsp3) is 0.533. The molecular weight excluding hydrogens is 242 g/mol. The van der Waals surface area contributed by atoms with Crippen molar-refractivity contribution >= 4 is 5.91 Å². The first kappa shape index (κ1) is 12.3. The van der Waals surface area contributed by atoms with Gasteiger partial charge < -0.3 is 14.8 Å². The zero-order valence-electron chi connectivity index (χ0n) is 11.0. The average molecular weight is 261 g/mol. The number of ether oxygens (including phenoxy) is 2. The summed E-state index contributed by atoms with van der Waals surface area (Å²) in [7, 11) is 0. The van der Waals surface area contributed by atoms with Crippen LogP contribution in [-0.2, 0) is 0 Å². The maximum absolute atomic E-state index is 12.3. The molecule has 4 nitrogen and oxygen atoms in total. The Hall–Kier alpha value is -1.71. The summed E-state index contributed by atoms with van der Waals surface area (Å²) in [6, 6.07) is 5.74. The normalized spacial score (nSPS) is 18.9. The van der Waals surface area contributed by atoms with Gasteiger partial charge in [-0.25, -0.2) is 0 Å². The van der Waals surface area contributed by atoms with Crippen LogP contribution in [0.2, 0.25) is 0 Å². The van der Waals surface area contributed by atoms with Gasteiger partial charge in [-0.05, 0) is 25.0 Å². The Balaban J connectivity index is 1.72. The summed E-state index contributed by atoms with van der Waals surface area (Å²) in [5.41, 5.74) is 0.583. The molecule has 0 unspecified atom stereocenters. The van der Waals surface area contributed by atoms with Crippen molar-refractivity contribution in [2.45, 2.75) is 44.6 Å². The van der Waals surface area contributed by atoms with Gasteiger partial charge in [0.15, 0.2) is 11.5 Å². The maximum Gasteiger partial charge on any atom is 0.255 e. The van der Waals surface area contributed by atoms with Crippen LogP contribution in [0.25, 0.3) is 0 Å². The largest absolute Gasteiger partial charge is 0.454 e. The third-order valence-corrected chi connectivity index (χ3v) is 3.83. The van der Waals surface area contributed by atoms with Gasteiger partial charge in [-0.1, -0.05) is 31.7 Å². The predicted molar refractivity (Wildman–Crippen MR) is 71.5 cm³/mol. The second kappa shape index (κ2) is 5.51. The first-order chi connectivity index (χ1) is 9.34. The minimum atomic E-state index is -0.0470. The van der Waals surface area contributed by atoms with E-state index in [1.54, 1.807) is 6.07 Å². The van der Waals surface area contributed by atoms with Gasteiger partial charge in [0.1, 0.15) is 0 Å². The Kier molecular flexibility index (Phi) is 3.58. The van der Waals surface area contributed by atoms with Gasteiger partial charge in [-0.2, -0.15) is 0 Å². The number of hydrogen-bond donors (Lipinski definition) is 1. The number of carbonyl (C=O) groups excluding carboxylic acids is 1. The van der Waals surface area contributed by atoms with Crippen LogP contribution in [0.3, 0.4) is 0 Å². The van der Waals surface area contributed by atoms with Gasteiger partial charge in [0, 0.05) is 6.04 Å². The van der Waals surface area contributed by atoms with E-state index in [9.17, 15) is 4.79 Å². The summed E-state index contributed by atoms with van der Waals surface area (Å²) in [5.74, 6) is 1.19. The van der Waals surface area contributed by atoms with E-state index in [1.807, 2.05) is 12.1 Å². The predicted octanol–water partition coefficient (Wildman–Crippen LogP) is 2.87. The van der Waals surface area contributed by atoms with Gasteiger partial charge >= 0.3 is 0 Å². The van der Waals surface area contributed by atoms with Crippen molar-refractivity contribution < 1.29 is 14.3 Å². The molecule has 0 radical (unpaired) electrons. The van der Waals surface area contributed by atoms with Gasteiger partial charge in [0.25, 0.3) is 5.91 Å².